The van der Waals surface area contributed by atoms with Gasteiger partial charge in [-0.15, -0.1) is 0 Å². The summed E-state index contributed by atoms with van der Waals surface area (Å²) in [5, 5.41) is 8.66. The summed E-state index contributed by atoms with van der Waals surface area (Å²) < 4.78 is 42.1. The van der Waals surface area contributed by atoms with Crippen molar-refractivity contribution in [1.29, 1.82) is 0 Å². The van der Waals surface area contributed by atoms with Crippen LogP contribution in [0.2, 0.25) is 0 Å². The van der Waals surface area contributed by atoms with Gasteiger partial charge < -0.3 is 30.4 Å². The standard InChI is InChI=1S/C23H23F2N7O5/c1-27-6-5-19(26)30-21(33)13-7-15(9-16(8-13)36-17(10-24)11-25)35-14-3-4-18(29-12-14)23-31-20(32-37-23)22(34)28-2/h3-9,12,17,27H,10-11H2,1-2H3,(H,28,34)(H2,26,30,33)/b6-5-. The topological polar surface area (TPSA) is 167 Å². The van der Waals surface area contributed by atoms with Crippen LogP contribution in [-0.4, -0.2) is 66.3 Å². The van der Waals surface area contributed by atoms with Gasteiger partial charge in [0.15, 0.2) is 6.10 Å². The molecule has 0 spiro atoms. The highest BCUT2D eigenvalue weighted by Gasteiger charge is 2.17. The maximum absolute atomic E-state index is 13.0. The second kappa shape index (κ2) is 12.7. The molecule has 4 N–H and O–H groups in total. The molecule has 3 rings (SSSR count). The minimum Gasteiger partial charge on any atom is -0.485 e. The van der Waals surface area contributed by atoms with Gasteiger partial charge in [-0.25, -0.2) is 13.8 Å². The lowest BCUT2D eigenvalue weighted by Gasteiger charge is -2.15. The minimum atomic E-state index is -1.36. The Hall–Kier alpha value is -4.88. The van der Waals surface area contributed by atoms with Crippen LogP contribution in [-0.2, 0) is 0 Å². The van der Waals surface area contributed by atoms with Crippen molar-refractivity contribution in [2.45, 2.75) is 6.10 Å². The number of amidine groups is 1. The van der Waals surface area contributed by atoms with Gasteiger partial charge in [0.25, 0.3) is 23.5 Å². The monoisotopic (exact) mass is 515 g/mol. The van der Waals surface area contributed by atoms with E-state index in [9.17, 15) is 18.4 Å². The van der Waals surface area contributed by atoms with Crippen molar-refractivity contribution in [3.63, 3.8) is 0 Å². The third-order valence-corrected chi connectivity index (χ3v) is 4.47. The molecule has 0 bridgehead atoms. The van der Waals surface area contributed by atoms with Crippen LogP contribution >= 0.6 is 0 Å². The molecule has 2 heterocycles. The molecule has 0 unspecified atom stereocenters. The lowest BCUT2D eigenvalue weighted by atomic mass is 10.2. The van der Waals surface area contributed by atoms with Gasteiger partial charge in [-0.2, -0.15) is 9.98 Å². The van der Waals surface area contributed by atoms with Crippen molar-refractivity contribution in [3.05, 3.63) is 60.2 Å². The molecule has 1 aromatic carbocycles. The fourth-order valence-corrected chi connectivity index (χ4v) is 2.74. The molecular weight excluding hydrogens is 492 g/mol. The average Bonchev–Trinajstić information content (AvgIpc) is 3.40. The Labute approximate surface area is 209 Å². The molecular formula is C23H23F2N7O5. The Morgan fingerprint density at radius 1 is 1.16 bits per heavy atom. The van der Waals surface area contributed by atoms with Crippen LogP contribution in [0.25, 0.3) is 11.6 Å². The zero-order valence-electron chi connectivity index (χ0n) is 19.8. The van der Waals surface area contributed by atoms with Crippen LogP contribution in [0.5, 0.6) is 17.2 Å². The van der Waals surface area contributed by atoms with Crippen LogP contribution in [0.3, 0.4) is 0 Å². The number of alkyl halides is 2. The quantitative estimate of drug-likeness (QED) is 0.254. The summed E-state index contributed by atoms with van der Waals surface area (Å²) in [6.45, 7) is -2.15. The number of carbonyl (C=O) groups excluding carboxylic acids is 2. The van der Waals surface area contributed by atoms with E-state index in [1.807, 2.05) is 0 Å². The van der Waals surface area contributed by atoms with Crippen LogP contribution in [0, 0.1) is 0 Å². The number of nitrogens with zero attached hydrogens (tertiary/aromatic N) is 4. The van der Waals surface area contributed by atoms with E-state index >= 15 is 0 Å². The van der Waals surface area contributed by atoms with E-state index in [4.69, 9.17) is 19.7 Å². The maximum Gasteiger partial charge on any atom is 0.292 e. The van der Waals surface area contributed by atoms with Gasteiger partial charge in [0.05, 0.1) is 6.20 Å². The number of carbonyl (C=O) groups is 2. The molecule has 2 aromatic heterocycles. The van der Waals surface area contributed by atoms with Crippen molar-refractivity contribution in [2.75, 3.05) is 27.4 Å². The number of benzene rings is 1. The Kier molecular flexibility index (Phi) is 9.18. The third-order valence-electron chi connectivity index (χ3n) is 4.47. The normalized spacial score (nSPS) is 11.5. The summed E-state index contributed by atoms with van der Waals surface area (Å²) in [5.41, 5.74) is 5.98. The molecule has 37 heavy (non-hydrogen) atoms. The van der Waals surface area contributed by atoms with Crippen LogP contribution in [0.4, 0.5) is 8.78 Å². The number of pyridine rings is 1. The first-order valence-electron chi connectivity index (χ1n) is 10.7. The van der Waals surface area contributed by atoms with Gasteiger partial charge in [-0.1, -0.05) is 5.16 Å². The fraction of sp³-hybridized carbons (Fsp3) is 0.217. The van der Waals surface area contributed by atoms with Gasteiger partial charge in [0, 0.05) is 25.7 Å². The number of ether oxygens (including phenoxy) is 2. The van der Waals surface area contributed by atoms with Gasteiger partial charge in [0.1, 0.15) is 42.1 Å². The number of hydrogen-bond acceptors (Lipinski definition) is 9. The second-order valence-corrected chi connectivity index (χ2v) is 7.19. The summed E-state index contributed by atoms with van der Waals surface area (Å²) >= 11 is 0. The first-order chi connectivity index (χ1) is 17.9. The van der Waals surface area contributed by atoms with Crippen molar-refractivity contribution >= 4 is 17.6 Å². The van der Waals surface area contributed by atoms with E-state index in [2.05, 4.69) is 30.8 Å². The van der Waals surface area contributed by atoms with Crippen LogP contribution in [0.1, 0.15) is 21.0 Å². The molecule has 12 nitrogen and oxygen atoms in total. The Morgan fingerprint density at radius 3 is 2.57 bits per heavy atom. The summed E-state index contributed by atoms with van der Waals surface area (Å²) in [6, 6.07) is 7.00. The molecule has 3 aromatic rings. The predicted molar refractivity (Wildman–Crippen MR) is 128 cm³/mol. The summed E-state index contributed by atoms with van der Waals surface area (Å²) in [5.74, 6) is -1.14. The number of halogens is 2. The molecule has 2 amide bonds. The molecule has 0 saturated carbocycles. The summed E-state index contributed by atoms with van der Waals surface area (Å²) in [4.78, 5) is 36.1. The van der Waals surface area contributed by atoms with Crippen molar-refractivity contribution in [3.8, 4) is 28.8 Å². The van der Waals surface area contributed by atoms with E-state index in [1.54, 1.807) is 7.05 Å². The van der Waals surface area contributed by atoms with E-state index in [1.165, 1.54) is 55.9 Å². The Balaban J connectivity index is 1.86. The summed E-state index contributed by atoms with van der Waals surface area (Å²) in [6.07, 6.45) is 2.84. The zero-order chi connectivity index (χ0) is 26.8. The van der Waals surface area contributed by atoms with E-state index in [0.717, 1.165) is 0 Å². The van der Waals surface area contributed by atoms with Crippen molar-refractivity contribution in [2.24, 2.45) is 10.7 Å². The highest BCUT2D eigenvalue weighted by atomic mass is 19.1. The second-order valence-electron chi connectivity index (χ2n) is 7.19. The Morgan fingerprint density at radius 2 is 1.92 bits per heavy atom. The van der Waals surface area contributed by atoms with Gasteiger partial charge in [-0.05, 0) is 36.5 Å². The Bertz CT molecular complexity index is 1290. The molecule has 0 fully saturated rings. The molecule has 0 aliphatic carbocycles. The number of nitrogens with one attached hydrogen (secondary N) is 2. The largest absolute Gasteiger partial charge is 0.485 e. The number of hydrogen-bond donors (Lipinski definition) is 3. The highest BCUT2D eigenvalue weighted by molar-refractivity contribution is 6.06. The molecule has 0 radical (unpaired) electrons. The summed E-state index contributed by atoms with van der Waals surface area (Å²) in [7, 11) is 3.08. The van der Waals surface area contributed by atoms with Crippen molar-refractivity contribution < 1.29 is 32.4 Å². The third kappa shape index (κ3) is 7.30. The van der Waals surface area contributed by atoms with Crippen LogP contribution < -0.4 is 25.8 Å². The first kappa shape index (κ1) is 26.7. The number of nitrogens with two attached hydrogens (primary N) is 1. The average molecular weight is 515 g/mol. The predicted octanol–water partition coefficient (Wildman–Crippen LogP) is 2.20. The number of rotatable bonds is 11. The molecule has 0 saturated heterocycles. The van der Waals surface area contributed by atoms with E-state index in [0.29, 0.717) is 0 Å². The molecule has 194 valence electrons. The number of amides is 2. The maximum atomic E-state index is 13.0. The smallest absolute Gasteiger partial charge is 0.292 e. The SMILES string of the molecule is CN/C=C\C(N)=NC(=O)c1cc(Oc2ccc(-c3nc(C(=O)NC)no3)nc2)cc(OC(CF)CF)c1. The molecule has 0 atom stereocenters. The number of aliphatic imine (C=N–C) groups is 1. The van der Waals surface area contributed by atoms with E-state index in [-0.39, 0.29) is 46.1 Å². The van der Waals surface area contributed by atoms with Crippen molar-refractivity contribution in [1.82, 2.24) is 25.8 Å². The van der Waals surface area contributed by atoms with E-state index < -0.39 is 31.3 Å². The van der Waals surface area contributed by atoms with Gasteiger partial charge in [-0.3, -0.25) is 9.59 Å². The van der Waals surface area contributed by atoms with Crippen LogP contribution in [0.15, 0.2) is 58.3 Å². The minimum absolute atomic E-state index is 0.00180. The van der Waals surface area contributed by atoms with Gasteiger partial charge >= 0.3 is 0 Å². The fourth-order valence-electron chi connectivity index (χ4n) is 2.74. The molecule has 0 aliphatic rings. The lowest BCUT2D eigenvalue weighted by molar-refractivity contribution is 0.0948. The molecule has 14 heteroatoms. The number of aromatic nitrogens is 3. The zero-order valence-corrected chi connectivity index (χ0v) is 19.8. The highest BCUT2D eigenvalue weighted by Crippen LogP contribution is 2.29. The first-order valence-corrected chi connectivity index (χ1v) is 10.7. The lowest BCUT2D eigenvalue weighted by Crippen LogP contribution is -2.21. The molecule has 0 aliphatic heterocycles. The van der Waals surface area contributed by atoms with Gasteiger partial charge in [0.2, 0.25) is 0 Å².